The smallest absolute Gasteiger partial charge is 0.275 e. The third-order valence-corrected chi connectivity index (χ3v) is 4.97. The van der Waals surface area contributed by atoms with Gasteiger partial charge in [-0.2, -0.15) is 5.10 Å². The Labute approximate surface area is 155 Å². The Hall–Kier alpha value is -2.34. The Kier molecular flexibility index (Phi) is 6.28. The maximum absolute atomic E-state index is 12.2. The van der Waals surface area contributed by atoms with Gasteiger partial charge in [0.15, 0.2) is 6.54 Å². The summed E-state index contributed by atoms with van der Waals surface area (Å²) < 4.78 is 2.01. The molecule has 1 aromatic carbocycles. The summed E-state index contributed by atoms with van der Waals surface area (Å²) in [5.74, 6) is 0.154. The quantitative estimate of drug-likeness (QED) is 0.707. The molecule has 6 heteroatoms. The van der Waals surface area contributed by atoms with Crippen molar-refractivity contribution in [3.8, 4) is 0 Å². The van der Waals surface area contributed by atoms with Gasteiger partial charge < -0.3 is 15.1 Å². The molecule has 1 aliphatic heterocycles. The summed E-state index contributed by atoms with van der Waals surface area (Å²) in [5, 5.41) is 7.50. The molecule has 2 heterocycles. The van der Waals surface area contributed by atoms with Crippen molar-refractivity contribution in [2.24, 2.45) is 0 Å². The van der Waals surface area contributed by atoms with Gasteiger partial charge in [0.25, 0.3) is 5.91 Å². The Bertz CT molecular complexity index is 704. The maximum atomic E-state index is 12.2. The number of hydrogen-bond donors (Lipinski definition) is 2. The molecule has 0 atom stereocenters. The molecule has 0 radical (unpaired) electrons. The monoisotopic (exact) mass is 356 g/mol. The molecule has 1 aromatic heterocycles. The molecule has 6 nitrogen and oxygen atoms in total. The second kappa shape index (κ2) is 8.85. The van der Waals surface area contributed by atoms with E-state index in [0.29, 0.717) is 13.1 Å². The number of anilines is 1. The van der Waals surface area contributed by atoms with Crippen molar-refractivity contribution in [3.05, 3.63) is 47.8 Å². The van der Waals surface area contributed by atoms with Gasteiger partial charge in [-0.3, -0.25) is 9.48 Å². The van der Waals surface area contributed by atoms with E-state index in [1.807, 2.05) is 17.7 Å². The average Bonchev–Trinajstić information content (AvgIpc) is 2.97. The van der Waals surface area contributed by atoms with E-state index in [1.165, 1.54) is 16.3 Å². The normalized spacial score (nSPS) is 15.2. The fourth-order valence-electron chi connectivity index (χ4n) is 3.54. The van der Waals surface area contributed by atoms with Crippen LogP contribution in [-0.2, 0) is 11.3 Å². The molecule has 0 spiro atoms. The average molecular weight is 356 g/mol. The summed E-state index contributed by atoms with van der Waals surface area (Å²) in [5.41, 5.74) is 3.50. The van der Waals surface area contributed by atoms with Crippen molar-refractivity contribution < 1.29 is 9.69 Å². The highest BCUT2D eigenvalue weighted by molar-refractivity contribution is 5.76. The standard InChI is InChI=1S/C20H29N5O/c1-17-15-18(2)25(22-17)10-6-9-21-20(26)16-23-11-13-24(14-12-23)19-7-4-3-5-8-19/h3-5,7-8,15H,6,9-14,16H2,1-2H3,(H,21,26)/p+1. The molecule has 0 unspecified atom stereocenters. The van der Waals surface area contributed by atoms with Crippen LogP contribution in [0.4, 0.5) is 5.69 Å². The highest BCUT2D eigenvalue weighted by Gasteiger charge is 2.22. The second-order valence-electron chi connectivity index (χ2n) is 7.10. The van der Waals surface area contributed by atoms with Crippen LogP contribution in [0.5, 0.6) is 0 Å². The highest BCUT2D eigenvalue weighted by Crippen LogP contribution is 2.12. The van der Waals surface area contributed by atoms with Crippen molar-refractivity contribution >= 4 is 11.6 Å². The molecule has 1 saturated heterocycles. The van der Waals surface area contributed by atoms with E-state index in [1.54, 1.807) is 0 Å². The van der Waals surface area contributed by atoms with E-state index in [0.717, 1.165) is 44.8 Å². The zero-order valence-electron chi connectivity index (χ0n) is 15.9. The first-order chi connectivity index (χ1) is 12.6. The van der Waals surface area contributed by atoms with E-state index >= 15 is 0 Å². The van der Waals surface area contributed by atoms with Crippen molar-refractivity contribution in [1.29, 1.82) is 0 Å². The maximum Gasteiger partial charge on any atom is 0.275 e. The molecule has 2 aromatic rings. The van der Waals surface area contributed by atoms with Crippen LogP contribution in [0.1, 0.15) is 17.8 Å². The van der Waals surface area contributed by atoms with Gasteiger partial charge in [-0.05, 0) is 38.5 Å². The van der Waals surface area contributed by atoms with Crippen LogP contribution in [0.15, 0.2) is 36.4 Å². The van der Waals surface area contributed by atoms with Gasteiger partial charge in [-0.15, -0.1) is 0 Å². The van der Waals surface area contributed by atoms with Gasteiger partial charge in [-0.25, -0.2) is 0 Å². The first-order valence-electron chi connectivity index (χ1n) is 9.53. The van der Waals surface area contributed by atoms with Gasteiger partial charge in [0.05, 0.1) is 31.9 Å². The van der Waals surface area contributed by atoms with Crippen molar-refractivity contribution in [3.63, 3.8) is 0 Å². The van der Waals surface area contributed by atoms with Gasteiger partial charge in [-0.1, -0.05) is 18.2 Å². The largest absolute Gasteiger partial charge is 0.360 e. The van der Waals surface area contributed by atoms with E-state index in [-0.39, 0.29) is 5.91 Å². The van der Waals surface area contributed by atoms with Crippen LogP contribution in [0.25, 0.3) is 0 Å². The zero-order chi connectivity index (χ0) is 18.4. The lowest BCUT2D eigenvalue weighted by Crippen LogP contribution is -3.15. The Morgan fingerprint density at radius 2 is 1.92 bits per heavy atom. The van der Waals surface area contributed by atoms with E-state index in [9.17, 15) is 4.79 Å². The number of carbonyl (C=O) groups is 1. The van der Waals surface area contributed by atoms with Crippen LogP contribution in [0, 0.1) is 13.8 Å². The van der Waals surface area contributed by atoms with Crippen LogP contribution >= 0.6 is 0 Å². The molecule has 26 heavy (non-hydrogen) atoms. The number of quaternary nitrogens is 1. The minimum absolute atomic E-state index is 0.154. The topological polar surface area (TPSA) is 54.6 Å². The molecular formula is C20H30N5O+. The number of rotatable bonds is 7. The molecule has 1 aliphatic rings. The summed E-state index contributed by atoms with van der Waals surface area (Å²) >= 11 is 0. The number of benzene rings is 1. The molecule has 140 valence electrons. The summed E-state index contributed by atoms with van der Waals surface area (Å²) in [6.07, 6.45) is 0.908. The number of nitrogens with one attached hydrogen (secondary N) is 2. The molecular weight excluding hydrogens is 326 g/mol. The third-order valence-electron chi connectivity index (χ3n) is 4.97. The molecule has 1 amide bonds. The molecule has 2 N–H and O–H groups in total. The molecule has 0 bridgehead atoms. The van der Waals surface area contributed by atoms with Gasteiger partial charge >= 0.3 is 0 Å². The number of aromatic nitrogens is 2. The van der Waals surface area contributed by atoms with Crippen LogP contribution < -0.4 is 15.1 Å². The van der Waals surface area contributed by atoms with Crippen molar-refractivity contribution in [2.45, 2.75) is 26.8 Å². The Balaban J connectivity index is 1.32. The summed E-state index contributed by atoms with van der Waals surface area (Å²) in [7, 11) is 0. The van der Waals surface area contributed by atoms with Gasteiger partial charge in [0.2, 0.25) is 0 Å². The summed E-state index contributed by atoms with van der Waals surface area (Å²) in [6.45, 7) is 10.2. The van der Waals surface area contributed by atoms with Crippen LogP contribution in [-0.4, -0.2) is 55.0 Å². The first kappa shape index (κ1) is 18.5. The first-order valence-corrected chi connectivity index (χ1v) is 9.53. The second-order valence-corrected chi connectivity index (χ2v) is 7.10. The van der Waals surface area contributed by atoms with Gasteiger partial charge in [0.1, 0.15) is 0 Å². The van der Waals surface area contributed by atoms with Crippen LogP contribution in [0.3, 0.4) is 0 Å². The number of piperazine rings is 1. The lowest BCUT2D eigenvalue weighted by molar-refractivity contribution is -0.892. The minimum atomic E-state index is 0.154. The Morgan fingerprint density at radius 3 is 2.58 bits per heavy atom. The minimum Gasteiger partial charge on any atom is -0.360 e. The predicted molar refractivity (Wildman–Crippen MR) is 104 cm³/mol. The van der Waals surface area contributed by atoms with Crippen LogP contribution in [0.2, 0.25) is 0 Å². The number of nitrogens with zero attached hydrogens (tertiary/aromatic N) is 3. The highest BCUT2D eigenvalue weighted by atomic mass is 16.2. The van der Waals surface area contributed by atoms with E-state index in [2.05, 4.69) is 52.6 Å². The summed E-state index contributed by atoms with van der Waals surface area (Å²) in [4.78, 5) is 15.9. The molecule has 3 rings (SSSR count). The molecule has 1 fully saturated rings. The predicted octanol–water partition coefficient (Wildman–Crippen LogP) is 0.411. The van der Waals surface area contributed by atoms with Crippen molar-refractivity contribution in [1.82, 2.24) is 15.1 Å². The Morgan fingerprint density at radius 1 is 1.19 bits per heavy atom. The molecule has 0 aliphatic carbocycles. The third kappa shape index (κ3) is 5.08. The van der Waals surface area contributed by atoms with Crippen molar-refractivity contribution in [2.75, 3.05) is 44.2 Å². The lowest BCUT2D eigenvalue weighted by Gasteiger charge is -2.33. The fourth-order valence-corrected chi connectivity index (χ4v) is 3.54. The SMILES string of the molecule is Cc1cc(C)n(CCCNC(=O)C[NH+]2CCN(c3ccccc3)CC2)n1. The summed E-state index contributed by atoms with van der Waals surface area (Å²) in [6, 6.07) is 12.6. The fraction of sp³-hybridized carbons (Fsp3) is 0.500. The lowest BCUT2D eigenvalue weighted by atomic mass is 10.2. The number of para-hydroxylation sites is 1. The van der Waals surface area contributed by atoms with E-state index in [4.69, 9.17) is 0 Å². The molecule has 0 saturated carbocycles. The zero-order valence-corrected chi connectivity index (χ0v) is 15.9. The number of carbonyl (C=O) groups excluding carboxylic acids is 1. The number of aryl methyl sites for hydroxylation is 3. The number of amides is 1. The number of hydrogen-bond acceptors (Lipinski definition) is 3. The van der Waals surface area contributed by atoms with E-state index < -0.39 is 0 Å². The van der Waals surface area contributed by atoms with Gasteiger partial charge in [0, 0.05) is 24.5 Å².